The highest BCUT2D eigenvalue weighted by molar-refractivity contribution is 7.98. The van der Waals surface area contributed by atoms with E-state index in [4.69, 9.17) is 5.73 Å². The summed E-state index contributed by atoms with van der Waals surface area (Å²) < 4.78 is 12.9. The number of nitro benzene ring substituents is 1. The van der Waals surface area contributed by atoms with Crippen LogP contribution in [0.3, 0.4) is 0 Å². The van der Waals surface area contributed by atoms with Crippen LogP contribution in [0.4, 0.5) is 15.8 Å². The highest BCUT2D eigenvalue weighted by atomic mass is 32.2. The Morgan fingerprint density at radius 3 is 2.89 bits per heavy atom. The molecule has 1 amide bonds. The number of rotatable bonds is 6. The molecule has 0 spiro atoms. The topological polar surface area (TPSA) is 98.3 Å². The van der Waals surface area contributed by atoms with E-state index in [1.165, 1.54) is 0 Å². The SMILES string of the molecule is CSCC[C@H](N)C(=O)Nc1ccc(F)cc1[N+](=O)[O-]. The number of hydrogen-bond donors (Lipinski definition) is 2. The van der Waals surface area contributed by atoms with Crippen LogP contribution in [-0.2, 0) is 4.79 Å². The molecule has 0 aliphatic heterocycles. The Kier molecular flexibility index (Phi) is 5.71. The number of carbonyl (C=O) groups is 1. The first-order valence-electron chi connectivity index (χ1n) is 5.45. The molecule has 1 atom stereocenters. The van der Waals surface area contributed by atoms with E-state index in [-0.39, 0.29) is 5.69 Å². The van der Waals surface area contributed by atoms with Gasteiger partial charge in [0.1, 0.15) is 11.5 Å². The Morgan fingerprint density at radius 2 is 2.32 bits per heavy atom. The van der Waals surface area contributed by atoms with Gasteiger partial charge in [0.2, 0.25) is 5.91 Å². The van der Waals surface area contributed by atoms with E-state index in [0.717, 1.165) is 18.2 Å². The molecular formula is C11H14FN3O3S. The fourth-order valence-corrected chi connectivity index (χ4v) is 1.85. The maximum atomic E-state index is 12.9. The van der Waals surface area contributed by atoms with Crippen LogP contribution in [0.15, 0.2) is 18.2 Å². The maximum Gasteiger partial charge on any atom is 0.295 e. The first-order chi connectivity index (χ1) is 8.95. The average Bonchev–Trinajstić information content (AvgIpc) is 2.37. The van der Waals surface area contributed by atoms with Crippen LogP contribution in [0.25, 0.3) is 0 Å². The highest BCUT2D eigenvalue weighted by Gasteiger charge is 2.19. The molecule has 0 aliphatic rings. The number of anilines is 1. The molecule has 1 aromatic carbocycles. The molecule has 0 saturated carbocycles. The standard InChI is InChI=1S/C11H14FN3O3S/c1-19-5-4-8(13)11(16)14-9-3-2-7(12)6-10(9)15(17)18/h2-3,6,8H,4-5,13H2,1H3,(H,14,16)/t8-/m0/s1. The second-order valence-corrected chi connectivity index (χ2v) is 4.78. The van der Waals surface area contributed by atoms with Gasteiger partial charge in [0.15, 0.2) is 0 Å². The van der Waals surface area contributed by atoms with Crippen molar-refractivity contribution in [3.63, 3.8) is 0 Å². The number of carbonyl (C=O) groups excluding carboxylic acids is 1. The molecule has 0 bridgehead atoms. The molecule has 0 unspecified atom stereocenters. The van der Waals surface area contributed by atoms with Crippen molar-refractivity contribution in [1.29, 1.82) is 0 Å². The number of thioether (sulfide) groups is 1. The van der Waals surface area contributed by atoms with Crippen molar-refractivity contribution >= 4 is 29.0 Å². The molecule has 3 N–H and O–H groups in total. The number of nitrogens with one attached hydrogen (secondary N) is 1. The Balaban J connectivity index is 2.81. The zero-order chi connectivity index (χ0) is 14.4. The van der Waals surface area contributed by atoms with Gasteiger partial charge in [-0.2, -0.15) is 11.8 Å². The molecule has 0 saturated heterocycles. The molecule has 8 heteroatoms. The number of nitro groups is 1. The summed E-state index contributed by atoms with van der Waals surface area (Å²) in [7, 11) is 0. The van der Waals surface area contributed by atoms with Crippen molar-refractivity contribution in [1.82, 2.24) is 0 Å². The van der Waals surface area contributed by atoms with Crippen molar-refractivity contribution in [3.8, 4) is 0 Å². The van der Waals surface area contributed by atoms with Gasteiger partial charge in [-0.05, 0) is 30.6 Å². The molecule has 1 rings (SSSR count). The predicted molar refractivity (Wildman–Crippen MR) is 72.7 cm³/mol. The Bertz CT molecular complexity index is 484. The summed E-state index contributed by atoms with van der Waals surface area (Å²) in [5.41, 5.74) is 5.08. The molecule has 104 valence electrons. The van der Waals surface area contributed by atoms with E-state index >= 15 is 0 Å². The number of nitrogens with two attached hydrogens (primary N) is 1. The van der Waals surface area contributed by atoms with Gasteiger partial charge >= 0.3 is 0 Å². The van der Waals surface area contributed by atoms with Crippen LogP contribution in [0.1, 0.15) is 6.42 Å². The third-order valence-corrected chi connectivity index (χ3v) is 3.03. The summed E-state index contributed by atoms with van der Waals surface area (Å²) in [4.78, 5) is 21.7. The summed E-state index contributed by atoms with van der Waals surface area (Å²) in [5, 5.41) is 13.1. The van der Waals surface area contributed by atoms with Crippen molar-refractivity contribution in [3.05, 3.63) is 34.1 Å². The van der Waals surface area contributed by atoms with Crippen LogP contribution in [-0.4, -0.2) is 28.9 Å². The predicted octanol–water partition coefficient (Wildman–Crippen LogP) is 1.75. The largest absolute Gasteiger partial charge is 0.320 e. The van der Waals surface area contributed by atoms with Gasteiger partial charge in [-0.3, -0.25) is 14.9 Å². The first-order valence-corrected chi connectivity index (χ1v) is 6.84. The summed E-state index contributed by atoms with van der Waals surface area (Å²) in [6.45, 7) is 0. The summed E-state index contributed by atoms with van der Waals surface area (Å²) in [6, 6.07) is 2.18. The monoisotopic (exact) mass is 287 g/mol. The van der Waals surface area contributed by atoms with Crippen LogP contribution in [0.2, 0.25) is 0 Å². The number of hydrogen-bond acceptors (Lipinski definition) is 5. The van der Waals surface area contributed by atoms with Gasteiger partial charge in [-0.25, -0.2) is 4.39 Å². The lowest BCUT2D eigenvalue weighted by Crippen LogP contribution is -2.36. The smallest absolute Gasteiger partial charge is 0.295 e. The van der Waals surface area contributed by atoms with Crippen LogP contribution in [0.5, 0.6) is 0 Å². The second-order valence-electron chi connectivity index (χ2n) is 3.80. The fourth-order valence-electron chi connectivity index (χ4n) is 1.36. The molecule has 0 aliphatic carbocycles. The molecular weight excluding hydrogens is 273 g/mol. The maximum absolute atomic E-state index is 12.9. The lowest BCUT2D eigenvalue weighted by molar-refractivity contribution is -0.384. The van der Waals surface area contributed by atoms with Gasteiger partial charge in [0, 0.05) is 0 Å². The first kappa shape index (κ1) is 15.4. The minimum atomic E-state index is -0.758. The molecule has 1 aromatic rings. The number of amides is 1. The number of halogens is 1. The van der Waals surface area contributed by atoms with Crippen LogP contribution < -0.4 is 11.1 Å². The third kappa shape index (κ3) is 4.49. The van der Waals surface area contributed by atoms with Crippen molar-refractivity contribution in [2.45, 2.75) is 12.5 Å². The van der Waals surface area contributed by atoms with E-state index in [0.29, 0.717) is 12.2 Å². The van der Waals surface area contributed by atoms with Crippen LogP contribution >= 0.6 is 11.8 Å². The molecule has 0 aromatic heterocycles. The third-order valence-electron chi connectivity index (χ3n) is 2.38. The second kappa shape index (κ2) is 7.05. The van der Waals surface area contributed by atoms with Gasteiger partial charge in [0.25, 0.3) is 5.69 Å². The fraction of sp³-hybridized carbons (Fsp3) is 0.364. The lowest BCUT2D eigenvalue weighted by atomic mass is 10.2. The van der Waals surface area contributed by atoms with Gasteiger partial charge in [-0.15, -0.1) is 0 Å². The normalized spacial score (nSPS) is 11.9. The molecule has 19 heavy (non-hydrogen) atoms. The average molecular weight is 287 g/mol. The summed E-state index contributed by atoms with van der Waals surface area (Å²) in [6.07, 6.45) is 2.34. The number of nitrogens with zero attached hydrogens (tertiary/aromatic N) is 1. The van der Waals surface area contributed by atoms with Crippen molar-refractivity contribution in [2.75, 3.05) is 17.3 Å². The summed E-state index contributed by atoms with van der Waals surface area (Å²) >= 11 is 1.55. The van der Waals surface area contributed by atoms with Crippen LogP contribution in [0, 0.1) is 15.9 Å². The van der Waals surface area contributed by atoms with Gasteiger partial charge in [-0.1, -0.05) is 0 Å². The molecule has 0 heterocycles. The summed E-state index contributed by atoms with van der Waals surface area (Å²) in [5.74, 6) is -0.555. The Morgan fingerprint density at radius 1 is 1.63 bits per heavy atom. The van der Waals surface area contributed by atoms with E-state index in [9.17, 15) is 19.3 Å². The van der Waals surface area contributed by atoms with Gasteiger partial charge < -0.3 is 11.1 Å². The lowest BCUT2D eigenvalue weighted by Gasteiger charge is -2.11. The zero-order valence-electron chi connectivity index (χ0n) is 10.3. The van der Waals surface area contributed by atoms with Crippen molar-refractivity contribution in [2.24, 2.45) is 5.73 Å². The van der Waals surface area contributed by atoms with Crippen molar-refractivity contribution < 1.29 is 14.1 Å². The molecule has 6 nitrogen and oxygen atoms in total. The zero-order valence-corrected chi connectivity index (χ0v) is 11.1. The Labute approximate surface area is 113 Å². The Hall–Kier alpha value is -1.67. The molecule has 0 fully saturated rings. The van der Waals surface area contributed by atoms with E-state index < -0.39 is 28.4 Å². The minimum Gasteiger partial charge on any atom is -0.320 e. The minimum absolute atomic E-state index is 0.0593. The molecule has 0 radical (unpaired) electrons. The van der Waals surface area contributed by atoms with E-state index in [1.807, 2.05) is 6.26 Å². The number of benzene rings is 1. The quantitative estimate of drug-likeness (QED) is 0.613. The highest BCUT2D eigenvalue weighted by Crippen LogP contribution is 2.25. The van der Waals surface area contributed by atoms with E-state index in [2.05, 4.69) is 5.32 Å². The van der Waals surface area contributed by atoms with E-state index in [1.54, 1.807) is 11.8 Å². The van der Waals surface area contributed by atoms with Gasteiger partial charge in [0.05, 0.1) is 17.0 Å².